The molecule has 7 heteroatoms. The van der Waals surface area contributed by atoms with Crippen LogP contribution in [0.5, 0.6) is 0 Å². The van der Waals surface area contributed by atoms with Crippen molar-refractivity contribution in [2.24, 2.45) is 5.92 Å². The zero-order valence-electron chi connectivity index (χ0n) is 19.2. The van der Waals surface area contributed by atoms with Crippen LogP contribution >= 0.6 is 0 Å². The van der Waals surface area contributed by atoms with Crippen LogP contribution in [0.1, 0.15) is 37.9 Å². The molecule has 1 saturated heterocycles. The third-order valence-corrected chi connectivity index (χ3v) is 7.23. The number of likely N-dealkylation sites (tertiary alicyclic amines) is 1. The number of carbonyl (C=O) groups is 1. The lowest BCUT2D eigenvalue weighted by Gasteiger charge is -2.34. The fourth-order valence-electron chi connectivity index (χ4n) is 5.34. The molecule has 1 unspecified atom stereocenters. The first-order valence-electron chi connectivity index (χ1n) is 11.9. The Bertz CT molecular complexity index is 1420. The fraction of sp³-hybridized carbons (Fsp3) is 0.296. The maximum absolute atomic E-state index is 13.1. The number of carbonyl (C=O) groups excluding carboxylic acids is 1. The maximum Gasteiger partial charge on any atom is 0.233 e. The number of hydrogen-bond donors (Lipinski definition) is 2. The molecule has 7 nitrogen and oxygen atoms in total. The number of benzene rings is 1. The lowest BCUT2D eigenvalue weighted by molar-refractivity contribution is -0.134. The van der Waals surface area contributed by atoms with Crippen molar-refractivity contribution in [1.29, 1.82) is 0 Å². The van der Waals surface area contributed by atoms with Gasteiger partial charge in [0.2, 0.25) is 5.91 Å². The molecule has 1 amide bonds. The fourth-order valence-corrected chi connectivity index (χ4v) is 5.34. The highest BCUT2D eigenvalue weighted by molar-refractivity contribution is 5.91. The first kappa shape index (κ1) is 20.7. The molecule has 1 aromatic carbocycles. The number of rotatable bonds is 3. The van der Waals surface area contributed by atoms with E-state index in [1.807, 2.05) is 29.3 Å². The predicted octanol–water partition coefficient (Wildman–Crippen LogP) is 4.69. The largest absolute Gasteiger partial charge is 0.382 e. The van der Waals surface area contributed by atoms with E-state index in [-0.39, 0.29) is 17.7 Å². The minimum atomic E-state index is -0.114. The summed E-state index contributed by atoms with van der Waals surface area (Å²) in [5.41, 5.74) is 11.1. The van der Waals surface area contributed by atoms with Gasteiger partial charge in [-0.15, -0.1) is 0 Å². The zero-order valence-corrected chi connectivity index (χ0v) is 19.2. The normalized spacial score (nSPS) is 19.1. The van der Waals surface area contributed by atoms with Crippen LogP contribution in [-0.2, 0) is 4.79 Å². The molecule has 2 aliphatic rings. The average Bonchev–Trinajstić information content (AvgIpc) is 3.47. The van der Waals surface area contributed by atoms with Crippen molar-refractivity contribution in [3.63, 3.8) is 0 Å². The number of imidazole rings is 1. The number of H-pyrrole nitrogens is 1. The topological polar surface area (TPSA) is 92.3 Å². The molecular formula is C27H28N6O. The number of aromatic amines is 1. The monoisotopic (exact) mass is 452 g/mol. The second-order valence-corrected chi connectivity index (χ2v) is 9.31. The third kappa shape index (κ3) is 3.39. The molecule has 6 rings (SSSR count). The molecule has 172 valence electrons. The Morgan fingerprint density at radius 1 is 1.21 bits per heavy atom. The number of nitrogens with zero attached hydrogens (tertiary/aromatic N) is 4. The van der Waals surface area contributed by atoms with Crippen LogP contribution in [0.2, 0.25) is 0 Å². The molecule has 0 saturated carbocycles. The van der Waals surface area contributed by atoms with Crippen LogP contribution < -0.4 is 5.73 Å². The molecular weight excluding hydrogens is 424 g/mol. The summed E-state index contributed by atoms with van der Waals surface area (Å²) >= 11 is 0. The van der Waals surface area contributed by atoms with Gasteiger partial charge in [-0.25, -0.2) is 9.97 Å². The molecule has 34 heavy (non-hydrogen) atoms. The van der Waals surface area contributed by atoms with Crippen molar-refractivity contribution < 1.29 is 4.79 Å². The van der Waals surface area contributed by atoms with Crippen LogP contribution in [0.3, 0.4) is 0 Å². The molecule has 4 aromatic rings. The minimum absolute atomic E-state index is 0.114. The minimum Gasteiger partial charge on any atom is -0.382 e. The summed E-state index contributed by atoms with van der Waals surface area (Å²) in [6.07, 6.45) is 12.6. The highest BCUT2D eigenvalue weighted by Gasteiger charge is 2.31. The van der Waals surface area contributed by atoms with Gasteiger partial charge in [-0.1, -0.05) is 42.0 Å². The van der Waals surface area contributed by atoms with Crippen molar-refractivity contribution in [2.75, 3.05) is 18.8 Å². The van der Waals surface area contributed by atoms with E-state index in [0.717, 1.165) is 71.6 Å². The highest BCUT2D eigenvalue weighted by Crippen LogP contribution is 2.35. The lowest BCUT2D eigenvalue weighted by Crippen LogP contribution is -2.41. The van der Waals surface area contributed by atoms with Crippen LogP contribution in [0.15, 0.2) is 66.5 Å². The second-order valence-electron chi connectivity index (χ2n) is 9.31. The number of fused-ring (bicyclic) bond motifs is 2. The summed E-state index contributed by atoms with van der Waals surface area (Å²) in [5, 5.41) is 1.13. The maximum atomic E-state index is 13.1. The Hall–Kier alpha value is -3.87. The Balaban J connectivity index is 1.31. The number of aromatic nitrogens is 4. The van der Waals surface area contributed by atoms with Crippen LogP contribution in [0.4, 0.5) is 5.82 Å². The number of nitrogens with two attached hydrogens (primary N) is 1. The number of amides is 1. The molecule has 0 radical (unpaired) electrons. The Kier molecular flexibility index (Phi) is 4.98. The summed E-state index contributed by atoms with van der Waals surface area (Å²) < 4.78 is 2.09. The number of hydrogen-bond acceptors (Lipinski definition) is 4. The smallest absolute Gasteiger partial charge is 0.233 e. The first-order chi connectivity index (χ1) is 16.6. The molecule has 3 N–H and O–H groups in total. The van der Waals surface area contributed by atoms with E-state index in [4.69, 9.17) is 10.7 Å². The van der Waals surface area contributed by atoms with E-state index in [1.54, 1.807) is 6.20 Å². The quantitative estimate of drug-likeness (QED) is 0.441. The Labute approximate surface area is 198 Å². The van der Waals surface area contributed by atoms with Gasteiger partial charge in [0.15, 0.2) is 0 Å². The summed E-state index contributed by atoms with van der Waals surface area (Å²) in [5.74, 6) is 1.79. The van der Waals surface area contributed by atoms with Crippen molar-refractivity contribution >= 4 is 28.1 Å². The van der Waals surface area contributed by atoms with Gasteiger partial charge in [-0.2, -0.15) is 0 Å². The SMILES string of the molecule is CC1=CCC=CC1C(=O)N1CCC(c2nc(-c3cc4ccccc4[nH]3)c3c(N)nccn23)CC1. The standard InChI is InChI=1S/C27H28N6O/c1-17-6-2-4-8-20(17)27(34)32-13-10-18(11-14-32)26-31-23(24-25(28)29-12-15-33(24)26)22-16-19-7-3-5-9-21(19)30-22/h3-9,12,15-16,18,20,30H,2,10-11,13-14H2,1H3,(H2,28,29). The predicted molar refractivity (Wildman–Crippen MR) is 134 cm³/mol. The van der Waals surface area contributed by atoms with Gasteiger partial charge in [-0.3, -0.25) is 9.20 Å². The molecule has 1 aliphatic carbocycles. The van der Waals surface area contributed by atoms with E-state index < -0.39 is 0 Å². The second kappa shape index (κ2) is 8.17. The van der Waals surface area contributed by atoms with Crippen molar-refractivity contribution in [3.05, 3.63) is 72.4 Å². The molecule has 0 bridgehead atoms. The zero-order chi connectivity index (χ0) is 23.2. The summed E-state index contributed by atoms with van der Waals surface area (Å²) in [4.78, 5) is 28.1. The molecule has 1 atom stereocenters. The van der Waals surface area contributed by atoms with Gasteiger partial charge in [-0.05, 0) is 38.3 Å². The molecule has 4 heterocycles. The Morgan fingerprint density at radius 3 is 2.82 bits per heavy atom. The molecule has 3 aromatic heterocycles. The first-order valence-corrected chi connectivity index (χ1v) is 11.9. The molecule has 1 fully saturated rings. The van der Waals surface area contributed by atoms with Gasteiger partial charge in [0.05, 0.1) is 11.6 Å². The number of allylic oxidation sites excluding steroid dienone is 2. The van der Waals surface area contributed by atoms with Gasteiger partial charge in [0.1, 0.15) is 22.9 Å². The van der Waals surface area contributed by atoms with Crippen LogP contribution in [0.25, 0.3) is 27.8 Å². The van der Waals surface area contributed by atoms with Crippen LogP contribution in [-0.4, -0.2) is 43.2 Å². The van der Waals surface area contributed by atoms with Gasteiger partial charge < -0.3 is 15.6 Å². The third-order valence-electron chi connectivity index (χ3n) is 7.23. The van der Waals surface area contributed by atoms with Gasteiger partial charge in [0.25, 0.3) is 0 Å². The van der Waals surface area contributed by atoms with E-state index >= 15 is 0 Å². The molecule has 0 spiro atoms. The summed E-state index contributed by atoms with van der Waals surface area (Å²) in [7, 11) is 0. The van der Waals surface area contributed by atoms with E-state index in [1.165, 1.54) is 0 Å². The van der Waals surface area contributed by atoms with E-state index in [0.29, 0.717) is 5.82 Å². The Morgan fingerprint density at radius 2 is 2.03 bits per heavy atom. The van der Waals surface area contributed by atoms with Crippen molar-refractivity contribution in [2.45, 2.75) is 32.1 Å². The van der Waals surface area contributed by atoms with Crippen molar-refractivity contribution in [1.82, 2.24) is 24.3 Å². The number of piperidine rings is 1. The van der Waals surface area contributed by atoms with Crippen molar-refractivity contribution in [3.8, 4) is 11.4 Å². The van der Waals surface area contributed by atoms with E-state index in [2.05, 4.69) is 51.6 Å². The average molecular weight is 453 g/mol. The summed E-state index contributed by atoms with van der Waals surface area (Å²) in [6.45, 7) is 3.52. The number of anilines is 1. The summed E-state index contributed by atoms with van der Waals surface area (Å²) in [6, 6.07) is 10.3. The molecule has 1 aliphatic heterocycles. The van der Waals surface area contributed by atoms with Crippen LogP contribution in [0, 0.1) is 5.92 Å². The van der Waals surface area contributed by atoms with Gasteiger partial charge >= 0.3 is 0 Å². The van der Waals surface area contributed by atoms with Gasteiger partial charge in [0, 0.05) is 42.3 Å². The highest BCUT2D eigenvalue weighted by atomic mass is 16.2. The number of para-hydroxylation sites is 1. The lowest BCUT2D eigenvalue weighted by atomic mass is 9.90. The number of nitrogens with one attached hydrogen (secondary N) is 1. The number of nitrogen functional groups attached to an aromatic ring is 1. The van der Waals surface area contributed by atoms with E-state index in [9.17, 15) is 4.79 Å².